The maximum atomic E-state index is 11.3. The Morgan fingerprint density at radius 3 is 2.69 bits per heavy atom. The van der Waals surface area contributed by atoms with Crippen LogP contribution in [0.1, 0.15) is 26.2 Å². The number of nitrogens with two attached hydrogens (primary N) is 1. The summed E-state index contributed by atoms with van der Waals surface area (Å²) < 4.78 is 0. The van der Waals surface area contributed by atoms with Crippen molar-refractivity contribution in [3.8, 4) is 0 Å². The lowest BCUT2D eigenvalue weighted by Gasteiger charge is -2.25. The van der Waals surface area contributed by atoms with Gasteiger partial charge in [0.1, 0.15) is 0 Å². The van der Waals surface area contributed by atoms with Gasteiger partial charge in [-0.2, -0.15) is 0 Å². The van der Waals surface area contributed by atoms with Crippen molar-refractivity contribution in [2.45, 2.75) is 32.2 Å². The molecule has 0 spiro atoms. The molecule has 0 heterocycles. The van der Waals surface area contributed by atoms with Crippen molar-refractivity contribution in [3.05, 3.63) is 0 Å². The Kier molecular flexibility index (Phi) is 3.69. The number of carbonyl (C=O) groups excluding carboxylic acids is 1. The molecule has 4 nitrogen and oxygen atoms in total. The van der Waals surface area contributed by atoms with E-state index < -0.39 is 0 Å². The zero-order valence-electron chi connectivity index (χ0n) is 8.42. The molecule has 0 aliphatic heterocycles. The molecule has 1 rings (SSSR count). The van der Waals surface area contributed by atoms with E-state index >= 15 is 0 Å². The van der Waals surface area contributed by atoms with Gasteiger partial charge in [-0.25, -0.2) is 5.84 Å². The minimum Gasteiger partial charge on any atom is -0.295 e. The SMILES string of the molecule is CCC(C(=O)NN)N(C)CC1CC1. The standard InChI is InChI=1S/C9H19N3O/c1-3-8(9(13)11-10)12(2)6-7-4-5-7/h7-8H,3-6,10H2,1-2H3,(H,11,13). The molecule has 0 aromatic heterocycles. The lowest BCUT2D eigenvalue weighted by atomic mass is 10.2. The number of hydrogen-bond acceptors (Lipinski definition) is 3. The molecular weight excluding hydrogens is 166 g/mol. The van der Waals surface area contributed by atoms with Gasteiger partial charge in [0.25, 0.3) is 5.91 Å². The van der Waals surface area contributed by atoms with E-state index in [1.165, 1.54) is 12.8 Å². The van der Waals surface area contributed by atoms with Crippen molar-refractivity contribution in [2.75, 3.05) is 13.6 Å². The summed E-state index contributed by atoms with van der Waals surface area (Å²) >= 11 is 0. The maximum Gasteiger partial charge on any atom is 0.251 e. The summed E-state index contributed by atoms with van der Waals surface area (Å²) in [6, 6.07) is -0.0643. The van der Waals surface area contributed by atoms with Crippen molar-refractivity contribution in [1.29, 1.82) is 0 Å². The lowest BCUT2D eigenvalue weighted by Crippen LogP contribution is -2.47. The minimum atomic E-state index is -0.0781. The van der Waals surface area contributed by atoms with Gasteiger partial charge in [-0.1, -0.05) is 6.92 Å². The fourth-order valence-corrected chi connectivity index (χ4v) is 1.63. The first-order chi connectivity index (χ1) is 6.19. The number of hydrazine groups is 1. The van der Waals surface area contributed by atoms with E-state index in [-0.39, 0.29) is 11.9 Å². The summed E-state index contributed by atoms with van der Waals surface area (Å²) in [6.07, 6.45) is 3.43. The van der Waals surface area contributed by atoms with Gasteiger partial charge in [-0.15, -0.1) is 0 Å². The number of amides is 1. The van der Waals surface area contributed by atoms with Crippen LogP contribution in [0, 0.1) is 5.92 Å². The molecule has 13 heavy (non-hydrogen) atoms. The molecule has 4 heteroatoms. The second kappa shape index (κ2) is 4.58. The van der Waals surface area contributed by atoms with Crippen molar-refractivity contribution in [1.82, 2.24) is 10.3 Å². The molecule has 1 aliphatic carbocycles. The van der Waals surface area contributed by atoms with Crippen LogP contribution < -0.4 is 11.3 Å². The Hall–Kier alpha value is -0.610. The molecule has 1 saturated carbocycles. The number of rotatable bonds is 5. The van der Waals surface area contributed by atoms with Crippen LogP contribution >= 0.6 is 0 Å². The van der Waals surface area contributed by atoms with Crippen LogP contribution in [0.3, 0.4) is 0 Å². The summed E-state index contributed by atoms with van der Waals surface area (Å²) in [7, 11) is 1.99. The van der Waals surface area contributed by atoms with Crippen LogP contribution in [0.5, 0.6) is 0 Å². The van der Waals surface area contributed by atoms with Crippen molar-refractivity contribution >= 4 is 5.91 Å². The normalized spacial score (nSPS) is 18.8. The highest BCUT2D eigenvalue weighted by Gasteiger charge is 2.27. The Balaban J connectivity index is 2.38. The van der Waals surface area contributed by atoms with Crippen LogP contribution in [0.4, 0.5) is 0 Å². The number of carbonyl (C=O) groups is 1. The van der Waals surface area contributed by atoms with Crippen LogP contribution in [-0.4, -0.2) is 30.4 Å². The third kappa shape index (κ3) is 2.97. The maximum absolute atomic E-state index is 11.3. The predicted molar refractivity (Wildman–Crippen MR) is 51.8 cm³/mol. The molecule has 1 atom stereocenters. The highest BCUT2D eigenvalue weighted by atomic mass is 16.2. The summed E-state index contributed by atoms with van der Waals surface area (Å²) in [5.74, 6) is 5.84. The molecule has 0 aromatic rings. The van der Waals surface area contributed by atoms with Gasteiger partial charge in [-0.3, -0.25) is 15.1 Å². The highest BCUT2D eigenvalue weighted by molar-refractivity contribution is 5.80. The second-order valence-corrected chi connectivity index (χ2v) is 3.82. The van der Waals surface area contributed by atoms with Gasteiger partial charge in [0.05, 0.1) is 6.04 Å². The van der Waals surface area contributed by atoms with E-state index in [1.54, 1.807) is 0 Å². The van der Waals surface area contributed by atoms with Gasteiger partial charge in [0, 0.05) is 6.54 Å². The Labute approximate surface area is 79.4 Å². The quantitative estimate of drug-likeness (QED) is 0.363. The largest absolute Gasteiger partial charge is 0.295 e. The van der Waals surface area contributed by atoms with E-state index in [2.05, 4.69) is 10.3 Å². The molecule has 0 bridgehead atoms. The summed E-state index contributed by atoms with van der Waals surface area (Å²) in [6.45, 7) is 3.02. The fraction of sp³-hybridized carbons (Fsp3) is 0.889. The third-order valence-corrected chi connectivity index (χ3v) is 2.61. The number of hydrogen-bond donors (Lipinski definition) is 2. The van der Waals surface area contributed by atoms with Gasteiger partial charge in [0.2, 0.25) is 0 Å². The molecule has 1 fully saturated rings. The van der Waals surface area contributed by atoms with Gasteiger partial charge in [-0.05, 0) is 32.2 Å². The van der Waals surface area contributed by atoms with Crippen LogP contribution in [0.25, 0.3) is 0 Å². The molecule has 1 unspecified atom stereocenters. The van der Waals surface area contributed by atoms with Gasteiger partial charge in [0.15, 0.2) is 0 Å². The summed E-state index contributed by atoms with van der Waals surface area (Å²) in [5, 5.41) is 0. The molecule has 0 saturated heterocycles. The molecule has 3 N–H and O–H groups in total. The first-order valence-corrected chi connectivity index (χ1v) is 4.89. The number of nitrogens with one attached hydrogen (secondary N) is 1. The molecule has 1 aliphatic rings. The molecular formula is C9H19N3O. The van der Waals surface area contributed by atoms with Gasteiger partial charge < -0.3 is 0 Å². The Bertz CT molecular complexity index is 180. The topological polar surface area (TPSA) is 58.4 Å². The Morgan fingerprint density at radius 1 is 1.69 bits per heavy atom. The molecule has 0 radical (unpaired) electrons. The van der Waals surface area contributed by atoms with E-state index in [4.69, 9.17) is 5.84 Å². The smallest absolute Gasteiger partial charge is 0.251 e. The van der Waals surface area contributed by atoms with Crippen molar-refractivity contribution in [2.24, 2.45) is 11.8 Å². The highest BCUT2D eigenvalue weighted by Crippen LogP contribution is 2.29. The van der Waals surface area contributed by atoms with E-state index in [1.807, 2.05) is 14.0 Å². The third-order valence-electron chi connectivity index (χ3n) is 2.61. The van der Waals surface area contributed by atoms with E-state index in [9.17, 15) is 4.79 Å². The average molecular weight is 185 g/mol. The Morgan fingerprint density at radius 2 is 2.31 bits per heavy atom. The molecule has 1 amide bonds. The van der Waals surface area contributed by atoms with E-state index in [0.717, 1.165) is 18.9 Å². The first-order valence-electron chi connectivity index (χ1n) is 4.89. The number of likely N-dealkylation sites (N-methyl/N-ethyl adjacent to an activating group) is 1. The first kappa shape index (κ1) is 10.5. The average Bonchev–Trinajstić information content (AvgIpc) is 2.89. The summed E-state index contributed by atoms with van der Waals surface area (Å²) in [5.41, 5.74) is 2.21. The zero-order valence-corrected chi connectivity index (χ0v) is 8.42. The van der Waals surface area contributed by atoms with E-state index in [0.29, 0.717) is 0 Å². The van der Waals surface area contributed by atoms with Crippen LogP contribution in [-0.2, 0) is 4.79 Å². The van der Waals surface area contributed by atoms with Crippen molar-refractivity contribution < 1.29 is 4.79 Å². The second-order valence-electron chi connectivity index (χ2n) is 3.82. The zero-order chi connectivity index (χ0) is 9.84. The minimum absolute atomic E-state index is 0.0643. The molecule has 0 aromatic carbocycles. The lowest BCUT2D eigenvalue weighted by molar-refractivity contribution is -0.126. The summed E-state index contributed by atoms with van der Waals surface area (Å²) in [4.78, 5) is 13.4. The van der Waals surface area contributed by atoms with Crippen molar-refractivity contribution in [3.63, 3.8) is 0 Å². The fourth-order valence-electron chi connectivity index (χ4n) is 1.63. The predicted octanol–water partition coefficient (Wildman–Crippen LogP) is 0.0967. The monoisotopic (exact) mass is 185 g/mol. The van der Waals surface area contributed by atoms with Gasteiger partial charge >= 0.3 is 0 Å². The number of nitrogens with zero attached hydrogens (tertiary/aromatic N) is 1. The van der Waals surface area contributed by atoms with Crippen LogP contribution in [0.2, 0.25) is 0 Å². The van der Waals surface area contributed by atoms with Crippen LogP contribution in [0.15, 0.2) is 0 Å². The molecule has 76 valence electrons.